The summed E-state index contributed by atoms with van der Waals surface area (Å²) in [4.78, 5) is 12.5. The second kappa shape index (κ2) is 7.84. The van der Waals surface area contributed by atoms with Crippen LogP contribution in [0.25, 0.3) is 0 Å². The van der Waals surface area contributed by atoms with Gasteiger partial charge in [0.2, 0.25) is 10.0 Å². The zero-order valence-electron chi connectivity index (χ0n) is 14.5. The van der Waals surface area contributed by atoms with Gasteiger partial charge in [-0.2, -0.15) is 4.31 Å². The van der Waals surface area contributed by atoms with Gasteiger partial charge in [-0.3, -0.25) is 4.79 Å². The molecule has 0 bridgehead atoms. The SMILES string of the molecule is CC(C)N(C)S(=O)(=O)c1ccc(C(=O)Nc2cc(Cl)c(N)c(Cl)c2)cc1. The van der Waals surface area contributed by atoms with E-state index in [2.05, 4.69) is 5.32 Å². The molecule has 1 amide bonds. The maximum Gasteiger partial charge on any atom is 0.255 e. The van der Waals surface area contributed by atoms with E-state index in [1.54, 1.807) is 13.8 Å². The van der Waals surface area contributed by atoms with Crippen LogP contribution in [0.5, 0.6) is 0 Å². The second-order valence-corrected chi connectivity index (χ2v) is 8.76. The molecule has 0 atom stereocenters. The van der Waals surface area contributed by atoms with E-state index in [0.29, 0.717) is 11.3 Å². The van der Waals surface area contributed by atoms with Crippen molar-refractivity contribution >= 4 is 50.5 Å². The van der Waals surface area contributed by atoms with Gasteiger partial charge in [0.1, 0.15) is 0 Å². The van der Waals surface area contributed by atoms with Gasteiger partial charge in [-0.1, -0.05) is 23.2 Å². The summed E-state index contributed by atoms with van der Waals surface area (Å²) in [6.45, 7) is 3.56. The van der Waals surface area contributed by atoms with Crippen molar-refractivity contribution < 1.29 is 13.2 Å². The third-order valence-corrected chi connectivity index (χ3v) is 6.53. The van der Waals surface area contributed by atoms with Crippen molar-refractivity contribution in [2.45, 2.75) is 24.8 Å². The van der Waals surface area contributed by atoms with Crippen LogP contribution in [0.1, 0.15) is 24.2 Å². The third-order valence-electron chi connectivity index (χ3n) is 3.86. The van der Waals surface area contributed by atoms with E-state index in [9.17, 15) is 13.2 Å². The molecule has 3 N–H and O–H groups in total. The molecule has 0 radical (unpaired) electrons. The smallest absolute Gasteiger partial charge is 0.255 e. The zero-order valence-corrected chi connectivity index (χ0v) is 16.8. The third kappa shape index (κ3) is 4.29. The average Bonchev–Trinajstić information content (AvgIpc) is 2.58. The summed E-state index contributed by atoms with van der Waals surface area (Å²) in [5.41, 5.74) is 6.57. The number of hydrogen-bond acceptors (Lipinski definition) is 4. The topological polar surface area (TPSA) is 92.5 Å². The molecule has 0 saturated carbocycles. The molecular weight excluding hydrogens is 397 g/mol. The monoisotopic (exact) mass is 415 g/mol. The first kappa shape index (κ1) is 20.5. The summed E-state index contributed by atoms with van der Waals surface area (Å²) >= 11 is 11.9. The number of amides is 1. The van der Waals surface area contributed by atoms with Crippen molar-refractivity contribution in [1.29, 1.82) is 0 Å². The minimum Gasteiger partial charge on any atom is -0.396 e. The van der Waals surface area contributed by atoms with E-state index in [1.165, 1.54) is 47.8 Å². The number of hydrogen-bond donors (Lipinski definition) is 2. The Labute approximate surface area is 162 Å². The van der Waals surface area contributed by atoms with E-state index in [1.807, 2.05) is 0 Å². The quantitative estimate of drug-likeness (QED) is 0.724. The summed E-state index contributed by atoms with van der Waals surface area (Å²) in [5, 5.41) is 3.10. The molecule has 2 rings (SSSR count). The van der Waals surface area contributed by atoms with Crippen molar-refractivity contribution in [2.24, 2.45) is 0 Å². The lowest BCUT2D eigenvalue weighted by Crippen LogP contribution is -2.33. The minimum atomic E-state index is -3.60. The van der Waals surface area contributed by atoms with Gasteiger partial charge in [-0.25, -0.2) is 8.42 Å². The number of nitrogen functional groups attached to an aromatic ring is 1. The molecule has 0 heterocycles. The van der Waals surface area contributed by atoms with Gasteiger partial charge in [0, 0.05) is 24.3 Å². The van der Waals surface area contributed by atoms with Gasteiger partial charge in [-0.15, -0.1) is 0 Å². The summed E-state index contributed by atoms with van der Waals surface area (Å²) in [5.74, 6) is -0.428. The number of rotatable bonds is 5. The van der Waals surface area contributed by atoms with Gasteiger partial charge in [-0.05, 0) is 50.2 Å². The van der Waals surface area contributed by atoms with E-state index in [-0.39, 0.29) is 26.7 Å². The fourth-order valence-corrected chi connectivity index (χ4v) is 3.94. The highest BCUT2D eigenvalue weighted by Gasteiger charge is 2.23. The van der Waals surface area contributed by atoms with Crippen LogP contribution < -0.4 is 11.1 Å². The first-order valence-corrected chi connectivity index (χ1v) is 9.87. The molecule has 0 aromatic heterocycles. The fraction of sp³-hybridized carbons (Fsp3) is 0.235. The fourth-order valence-electron chi connectivity index (χ4n) is 2.08. The summed E-state index contributed by atoms with van der Waals surface area (Å²) in [6.07, 6.45) is 0. The van der Waals surface area contributed by atoms with Crippen molar-refractivity contribution in [3.05, 3.63) is 52.0 Å². The lowest BCUT2D eigenvalue weighted by molar-refractivity contribution is 0.102. The predicted octanol–water partition coefficient (Wildman–Crippen LogP) is 3.86. The molecular formula is C17H19Cl2N3O3S. The molecule has 0 saturated heterocycles. The van der Waals surface area contributed by atoms with Crippen LogP contribution in [0, 0.1) is 0 Å². The lowest BCUT2D eigenvalue weighted by Gasteiger charge is -2.21. The molecule has 26 heavy (non-hydrogen) atoms. The van der Waals surface area contributed by atoms with Crippen molar-refractivity contribution in [1.82, 2.24) is 4.31 Å². The molecule has 9 heteroatoms. The number of halogens is 2. The molecule has 2 aromatic carbocycles. The molecule has 0 spiro atoms. The number of nitrogens with one attached hydrogen (secondary N) is 1. The standard InChI is InChI=1S/C17H19Cl2N3O3S/c1-10(2)22(3)26(24,25)13-6-4-11(5-7-13)17(23)21-12-8-14(18)16(20)15(19)9-12/h4-10H,20H2,1-3H3,(H,21,23). The largest absolute Gasteiger partial charge is 0.396 e. The number of nitrogens with zero attached hydrogens (tertiary/aromatic N) is 1. The van der Waals surface area contributed by atoms with Gasteiger partial charge in [0.25, 0.3) is 5.91 Å². The Morgan fingerprint density at radius 1 is 1.12 bits per heavy atom. The zero-order chi connectivity index (χ0) is 19.6. The number of sulfonamides is 1. The molecule has 140 valence electrons. The molecule has 0 aliphatic rings. The van der Waals surface area contributed by atoms with Crippen LogP contribution in [0.15, 0.2) is 41.3 Å². The molecule has 0 unspecified atom stereocenters. The van der Waals surface area contributed by atoms with E-state index >= 15 is 0 Å². The average molecular weight is 416 g/mol. The second-order valence-electron chi connectivity index (χ2n) is 5.95. The van der Waals surface area contributed by atoms with Gasteiger partial charge >= 0.3 is 0 Å². The van der Waals surface area contributed by atoms with Crippen molar-refractivity contribution in [3.63, 3.8) is 0 Å². The highest BCUT2D eigenvalue weighted by molar-refractivity contribution is 7.89. The van der Waals surface area contributed by atoms with Gasteiger partial charge < -0.3 is 11.1 Å². The molecule has 2 aromatic rings. The van der Waals surface area contributed by atoms with Gasteiger partial charge in [0.05, 0.1) is 20.6 Å². The van der Waals surface area contributed by atoms with E-state index in [0.717, 1.165) is 0 Å². The molecule has 0 fully saturated rings. The maximum atomic E-state index is 12.4. The highest BCUT2D eigenvalue weighted by Crippen LogP contribution is 2.31. The van der Waals surface area contributed by atoms with Crippen LogP contribution in [-0.2, 0) is 10.0 Å². The summed E-state index contributed by atoms with van der Waals surface area (Å²) in [6, 6.07) is 8.46. The summed E-state index contributed by atoms with van der Waals surface area (Å²) < 4.78 is 26.1. The Balaban J connectivity index is 2.22. The highest BCUT2D eigenvalue weighted by atomic mass is 35.5. The Hall–Kier alpha value is -1.80. The van der Waals surface area contributed by atoms with E-state index in [4.69, 9.17) is 28.9 Å². The van der Waals surface area contributed by atoms with E-state index < -0.39 is 15.9 Å². The van der Waals surface area contributed by atoms with Crippen LogP contribution in [0.4, 0.5) is 11.4 Å². The Morgan fingerprint density at radius 3 is 2.08 bits per heavy atom. The van der Waals surface area contributed by atoms with Crippen molar-refractivity contribution in [2.75, 3.05) is 18.1 Å². The van der Waals surface area contributed by atoms with Crippen LogP contribution in [-0.4, -0.2) is 31.7 Å². The predicted molar refractivity (Wildman–Crippen MR) is 105 cm³/mol. The Bertz CT molecular complexity index is 906. The first-order valence-electron chi connectivity index (χ1n) is 7.68. The number of nitrogens with two attached hydrogens (primary N) is 1. The lowest BCUT2D eigenvalue weighted by atomic mass is 10.2. The molecule has 0 aliphatic carbocycles. The number of carbonyl (C=O) groups excluding carboxylic acids is 1. The van der Waals surface area contributed by atoms with Crippen molar-refractivity contribution in [3.8, 4) is 0 Å². The molecule has 6 nitrogen and oxygen atoms in total. The number of benzene rings is 2. The van der Waals surface area contributed by atoms with Crippen LogP contribution in [0.2, 0.25) is 10.0 Å². The minimum absolute atomic E-state index is 0.115. The van der Waals surface area contributed by atoms with Crippen LogP contribution in [0.3, 0.4) is 0 Å². The Kier molecular flexibility index (Phi) is 6.18. The molecule has 0 aliphatic heterocycles. The first-order chi connectivity index (χ1) is 12.0. The summed E-state index contributed by atoms with van der Waals surface area (Å²) in [7, 11) is -2.09. The maximum absolute atomic E-state index is 12.4. The normalized spacial score (nSPS) is 11.8. The number of carbonyl (C=O) groups is 1. The Morgan fingerprint density at radius 2 is 1.62 bits per heavy atom. The van der Waals surface area contributed by atoms with Gasteiger partial charge in [0.15, 0.2) is 0 Å². The van der Waals surface area contributed by atoms with Crippen LogP contribution >= 0.6 is 23.2 Å². The number of anilines is 2.